The van der Waals surface area contributed by atoms with Gasteiger partial charge in [0.15, 0.2) is 0 Å². The first kappa shape index (κ1) is 23.4. The molecule has 2 N–H and O–H groups in total. The van der Waals surface area contributed by atoms with Gasteiger partial charge in [-0.25, -0.2) is 10.2 Å². The second-order valence-electron chi connectivity index (χ2n) is 7.46. The SMILES string of the molecule is CC(C)(C)OC(=O)NC(COCc1ccccc1)C(=O)NN=Cc1ccccc1Cl. The van der Waals surface area contributed by atoms with Crippen molar-refractivity contribution < 1.29 is 19.1 Å². The maximum absolute atomic E-state index is 12.6. The zero-order valence-corrected chi connectivity index (χ0v) is 18.0. The van der Waals surface area contributed by atoms with Gasteiger partial charge in [-0.1, -0.05) is 60.1 Å². The van der Waals surface area contributed by atoms with Crippen LogP contribution in [-0.2, 0) is 20.9 Å². The van der Waals surface area contributed by atoms with Crippen LogP contribution in [0.5, 0.6) is 0 Å². The predicted molar refractivity (Wildman–Crippen MR) is 116 cm³/mol. The Morgan fingerprint density at radius 3 is 2.43 bits per heavy atom. The lowest BCUT2D eigenvalue weighted by atomic mass is 10.2. The molecule has 0 aliphatic rings. The first-order valence-electron chi connectivity index (χ1n) is 9.43. The van der Waals surface area contributed by atoms with Gasteiger partial charge >= 0.3 is 6.09 Å². The summed E-state index contributed by atoms with van der Waals surface area (Å²) < 4.78 is 10.8. The van der Waals surface area contributed by atoms with E-state index in [1.165, 1.54) is 6.21 Å². The molecule has 0 aliphatic heterocycles. The molecule has 2 rings (SSSR count). The van der Waals surface area contributed by atoms with Gasteiger partial charge in [-0.05, 0) is 32.4 Å². The second kappa shape index (κ2) is 11.3. The van der Waals surface area contributed by atoms with E-state index in [9.17, 15) is 9.59 Å². The van der Waals surface area contributed by atoms with Crippen molar-refractivity contribution in [3.8, 4) is 0 Å². The fraction of sp³-hybridized carbons (Fsp3) is 0.318. The molecule has 2 aromatic rings. The highest BCUT2D eigenvalue weighted by molar-refractivity contribution is 6.33. The van der Waals surface area contributed by atoms with Crippen LogP contribution in [0.4, 0.5) is 4.79 Å². The first-order valence-corrected chi connectivity index (χ1v) is 9.81. The number of nitrogens with one attached hydrogen (secondary N) is 2. The third-order valence-electron chi connectivity index (χ3n) is 3.69. The summed E-state index contributed by atoms with van der Waals surface area (Å²) in [6.07, 6.45) is 0.705. The van der Waals surface area contributed by atoms with Crippen molar-refractivity contribution in [1.29, 1.82) is 0 Å². The van der Waals surface area contributed by atoms with Gasteiger partial charge in [0.05, 0.1) is 19.4 Å². The van der Waals surface area contributed by atoms with E-state index in [1.54, 1.807) is 45.0 Å². The van der Waals surface area contributed by atoms with Crippen molar-refractivity contribution in [1.82, 2.24) is 10.7 Å². The molecule has 0 saturated heterocycles. The van der Waals surface area contributed by atoms with Crippen molar-refractivity contribution in [3.05, 3.63) is 70.7 Å². The zero-order valence-electron chi connectivity index (χ0n) is 17.2. The van der Waals surface area contributed by atoms with Crippen LogP contribution in [0.2, 0.25) is 5.02 Å². The molecule has 8 heteroatoms. The number of alkyl carbamates (subject to hydrolysis) is 1. The molecule has 30 heavy (non-hydrogen) atoms. The van der Waals surface area contributed by atoms with Gasteiger partial charge in [-0.3, -0.25) is 4.79 Å². The normalized spacial score (nSPS) is 12.4. The zero-order chi connectivity index (χ0) is 22.0. The van der Waals surface area contributed by atoms with Crippen molar-refractivity contribution in [2.45, 2.75) is 39.0 Å². The minimum atomic E-state index is -0.994. The first-order chi connectivity index (χ1) is 14.2. The Balaban J connectivity index is 1.98. The van der Waals surface area contributed by atoms with Crippen LogP contribution in [0.25, 0.3) is 0 Å². The Bertz CT molecular complexity index is 866. The summed E-state index contributed by atoms with van der Waals surface area (Å²) in [5, 5.41) is 6.94. The summed E-state index contributed by atoms with van der Waals surface area (Å²) in [5.41, 5.74) is 3.30. The molecule has 7 nitrogen and oxygen atoms in total. The molecule has 0 bridgehead atoms. The second-order valence-corrected chi connectivity index (χ2v) is 7.86. The minimum absolute atomic E-state index is 0.0540. The summed E-state index contributed by atoms with van der Waals surface area (Å²) in [6.45, 7) is 5.45. The molecule has 1 atom stereocenters. The quantitative estimate of drug-likeness (QED) is 0.490. The lowest BCUT2D eigenvalue weighted by Gasteiger charge is -2.22. The number of hydrazone groups is 1. The number of hydrogen-bond donors (Lipinski definition) is 2. The number of rotatable bonds is 8. The Hall–Kier alpha value is -2.90. The lowest BCUT2D eigenvalue weighted by molar-refractivity contribution is -0.124. The van der Waals surface area contributed by atoms with E-state index in [0.29, 0.717) is 17.2 Å². The molecular formula is C22H26ClN3O4. The van der Waals surface area contributed by atoms with Crippen LogP contribution in [0.1, 0.15) is 31.9 Å². The van der Waals surface area contributed by atoms with Crippen molar-refractivity contribution in [3.63, 3.8) is 0 Å². The summed E-state index contributed by atoms with van der Waals surface area (Å²) in [7, 11) is 0. The average Bonchev–Trinajstić information content (AvgIpc) is 2.68. The number of benzene rings is 2. The number of nitrogens with zero attached hydrogens (tertiary/aromatic N) is 1. The lowest BCUT2D eigenvalue weighted by Crippen LogP contribution is -2.49. The van der Waals surface area contributed by atoms with E-state index in [2.05, 4.69) is 15.8 Å². The maximum Gasteiger partial charge on any atom is 0.408 e. The summed E-state index contributed by atoms with van der Waals surface area (Å²) in [4.78, 5) is 24.7. The molecule has 0 saturated carbocycles. The van der Waals surface area contributed by atoms with Crippen LogP contribution in [0.3, 0.4) is 0 Å². The molecule has 0 heterocycles. The van der Waals surface area contributed by atoms with Crippen LogP contribution in [-0.4, -0.2) is 36.5 Å². The van der Waals surface area contributed by atoms with E-state index in [4.69, 9.17) is 21.1 Å². The fourth-order valence-corrected chi connectivity index (χ4v) is 2.51. The van der Waals surface area contributed by atoms with Gasteiger partial charge < -0.3 is 14.8 Å². The molecule has 0 fully saturated rings. The van der Waals surface area contributed by atoms with Crippen molar-refractivity contribution in [2.24, 2.45) is 5.10 Å². The number of ether oxygens (including phenoxy) is 2. The molecule has 0 aromatic heterocycles. The third-order valence-corrected chi connectivity index (χ3v) is 4.03. The standard InChI is InChI=1S/C22H26ClN3O4/c1-22(2,3)30-21(28)25-19(15-29-14-16-9-5-4-6-10-16)20(27)26-24-13-17-11-7-8-12-18(17)23/h4-13,19H,14-15H2,1-3H3,(H,25,28)(H,26,27). The van der Waals surface area contributed by atoms with E-state index < -0.39 is 23.6 Å². The molecule has 2 aromatic carbocycles. The molecule has 1 unspecified atom stereocenters. The summed E-state index contributed by atoms with van der Waals surface area (Å²) in [5.74, 6) is -0.544. The van der Waals surface area contributed by atoms with Gasteiger partial charge in [0.25, 0.3) is 5.91 Å². The van der Waals surface area contributed by atoms with Gasteiger partial charge in [0.1, 0.15) is 11.6 Å². The number of amides is 2. The van der Waals surface area contributed by atoms with E-state index in [0.717, 1.165) is 5.56 Å². The highest BCUT2D eigenvalue weighted by Crippen LogP contribution is 2.12. The summed E-state index contributed by atoms with van der Waals surface area (Å²) in [6, 6.07) is 15.6. The van der Waals surface area contributed by atoms with Crippen LogP contribution >= 0.6 is 11.6 Å². The topological polar surface area (TPSA) is 89.0 Å². The highest BCUT2D eigenvalue weighted by Gasteiger charge is 2.24. The average molecular weight is 432 g/mol. The molecule has 160 valence electrons. The maximum atomic E-state index is 12.6. The molecule has 0 radical (unpaired) electrons. The van der Waals surface area contributed by atoms with Crippen molar-refractivity contribution in [2.75, 3.05) is 6.61 Å². The number of carbonyl (C=O) groups is 2. The molecule has 2 amide bonds. The van der Waals surface area contributed by atoms with Gasteiger partial charge in [0, 0.05) is 10.6 Å². The molecule has 0 spiro atoms. The molecular weight excluding hydrogens is 406 g/mol. The monoisotopic (exact) mass is 431 g/mol. The largest absolute Gasteiger partial charge is 0.444 e. The highest BCUT2D eigenvalue weighted by atomic mass is 35.5. The Kier molecular flexibility index (Phi) is 8.83. The Morgan fingerprint density at radius 1 is 1.10 bits per heavy atom. The third kappa shape index (κ3) is 8.63. The minimum Gasteiger partial charge on any atom is -0.444 e. The Morgan fingerprint density at radius 2 is 1.77 bits per heavy atom. The summed E-state index contributed by atoms with van der Waals surface area (Å²) >= 11 is 6.06. The number of hydrogen-bond acceptors (Lipinski definition) is 5. The Labute approximate surface area is 181 Å². The smallest absolute Gasteiger partial charge is 0.408 e. The van der Waals surface area contributed by atoms with Crippen LogP contribution < -0.4 is 10.7 Å². The molecule has 0 aliphatic carbocycles. The van der Waals surface area contributed by atoms with Gasteiger partial charge in [0.2, 0.25) is 0 Å². The van der Waals surface area contributed by atoms with E-state index >= 15 is 0 Å². The van der Waals surface area contributed by atoms with E-state index in [-0.39, 0.29) is 6.61 Å². The van der Waals surface area contributed by atoms with Crippen LogP contribution in [0.15, 0.2) is 59.7 Å². The predicted octanol–water partition coefficient (Wildman–Crippen LogP) is 3.90. The van der Waals surface area contributed by atoms with Crippen LogP contribution in [0, 0.1) is 0 Å². The van der Waals surface area contributed by atoms with Crippen molar-refractivity contribution >= 4 is 29.8 Å². The fourth-order valence-electron chi connectivity index (χ4n) is 2.32. The van der Waals surface area contributed by atoms with E-state index in [1.807, 2.05) is 30.3 Å². The number of halogens is 1. The van der Waals surface area contributed by atoms with Gasteiger partial charge in [-0.15, -0.1) is 0 Å². The van der Waals surface area contributed by atoms with Gasteiger partial charge in [-0.2, -0.15) is 5.10 Å². The number of carbonyl (C=O) groups excluding carboxylic acids is 2.